The molecule has 0 saturated heterocycles. The topological polar surface area (TPSA) is 55.8 Å². The third-order valence-corrected chi connectivity index (χ3v) is 3.68. The van der Waals surface area contributed by atoms with Crippen LogP contribution in [0.3, 0.4) is 0 Å². The Labute approximate surface area is 125 Å². The quantitative estimate of drug-likeness (QED) is 0.640. The number of hydrogen-bond acceptors (Lipinski definition) is 3. The molecule has 1 atom stereocenters. The van der Waals surface area contributed by atoms with Crippen LogP contribution in [-0.4, -0.2) is 24.3 Å². The van der Waals surface area contributed by atoms with Crippen LogP contribution in [0.4, 0.5) is 0 Å². The largest absolute Gasteiger partial charge is 0.493 e. The predicted molar refractivity (Wildman–Crippen MR) is 81.1 cm³/mol. The first kappa shape index (κ1) is 15.4. The highest BCUT2D eigenvalue weighted by Gasteiger charge is 2.25. The van der Waals surface area contributed by atoms with E-state index in [1.165, 1.54) is 0 Å². The Morgan fingerprint density at radius 3 is 3.05 bits per heavy atom. The number of hydrogen-bond donors (Lipinski definition) is 1. The van der Waals surface area contributed by atoms with E-state index in [0.29, 0.717) is 25.4 Å². The van der Waals surface area contributed by atoms with Crippen molar-refractivity contribution >= 4 is 5.97 Å². The minimum Gasteiger partial charge on any atom is -0.493 e. The Morgan fingerprint density at radius 1 is 1.52 bits per heavy atom. The van der Waals surface area contributed by atoms with Gasteiger partial charge in [0.2, 0.25) is 0 Å². The number of fused-ring (bicyclic) bond motifs is 1. The van der Waals surface area contributed by atoms with Crippen LogP contribution in [0, 0.1) is 0 Å². The van der Waals surface area contributed by atoms with Gasteiger partial charge < -0.3 is 14.6 Å². The van der Waals surface area contributed by atoms with E-state index >= 15 is 0 Å². The van der Waals surface area contributed by atoms with Crippen molar-refractivity contribution in [2.75, 3.05) is 13.2 Å². The molecule has 0 amide bonds. The molecule has 1 aliphatic rings. The van der Waals surface area contributed by atoms with Gasteiger partial charge in [-0.2, -0.15) is 0 Å². The number of benzene rings is 1. The van der Waals surface area contributed by atoms with Crippen LogP contribution >= 0.6 is 0 Å². The molecule has 0 bridgehead atoms. The zero-order chi connectivity index (χ0) is 15.2. The molecular weight excluding hydrogens is 268 g/mol. The van der Waals surface area contributed by atoms with Crippen molar-refractivity contribution in [1.29, 1.82) is 0 Å². The van der Waals surface area contributed by atoms with Crippen LogP contribution in [0.5, 0.6) is 11.5 Å². The third kappa shape index (κ3) is 4.00. The highest BCUT2D eigenvalue weighted by molar-refractivity contribution is 5.69. The summed E-state index contributed by atoms with van der Waals surface area (Å²) in [6.07, 6.45) is 2.82. The second-order valence-electron chi connectivity index (χ2n) is 5.31. The monoisotopic (exact) mass is 290 g/mol. The molecule has 1 aliphatic heterocycles. The van der Waals surface area contributed by atoms with Gasteiger partial charge in [0.05, 0.1) is 19.6 Å². The van der Waals surface area contributed by atoms with E-state index < -0.39 is 5.97 Å². The predicted octanol–water partition coefficient (Wildman–Crippen LogP) is 3.76. The van der Waals surface area contributed by atoms with E-state index in [2.05, 4.69) is 13.5 Å². The summed E-state index contributed by atoms with van der Waals surface area (Å²) >= 11 is 0. The van der Waals surface area contributed by atoms with Gasteiger partial charge in [-0.15, -0.1) is 0 Å². The molecule has 1 N–H and O–H groups in total. The Balaban J connectivity index is 2.22. The maximum absolute atomic E-state index is 11.1. The molecule has 0 aliphatic carbocycles. The Kier molecular flexibility index (Phi) is 5.26. The van der Waals surface area contributed by atoms with Crippen LogP contribution in [0.15, 0.2) is 30.4 Å². The lowest BCUT2D eigenvalue weighted by atomic mass is 9.87. The van der Waals surface area contributed by atoms with E-state index in [9.17, 15) is 4.79 Å². The summed E-state index contributed by atoms with van der Waals surface area (Å²) in [5.41, 5.74) is 1.80. The third-order valence-electron chi connectivity index (χ3n) is 3.68. The van der Waals surface area contributed by atoms with E-state index in [0.717, 1.165) is 29.7 Å². The van der Waals surface area contributed by atoms with Gasteiger partial charge >= 0.3 is 5.97 Å². The molecule has 0 aromatic heterocycles. The number of unbranched alkanes of at least 4 members (excludes halogenated alkanes) is 1. The van der Waals surface area contributed by atoms with Crippen molar-refractivity contribution in [3.05, 3.63) is 35.9 Å². The van der Waals surface area contributed by atoms with E-state index in [4.69, 9.17) is 14.6 Å². The number of carboxylic acids is 1. The molecule has 0 saturated carbocycles. The summed E-state index contributed by atoms with van der Waals surface area (Å²) in [5, 5.41) is 9.09. The maximum Gasteiger partial charge on any atom is 0.304 e. The molecule has 4 heteroatoms. The molecule has 21 heavy (non-hydrogen) atoms. The summed E-state index contributed by atoms with van der Waals surface area (Å²) in [6.45, 7) is 7.34. The van der Waals surface area contributed by atoms with Crippen LogP contribution < -0.4 is 9.47 Å². The molecule has 1 unspecified atom stereocenters. The molecule has 0 fully saturated rings. The smallest absolute Gasteiger partial charge is 0.304 e. The van der Waals surface area contributed by atoms with Crippen molar-refractivity contribution < 1.29 is 19.4 Å². The molecule has 0 spiro atoms. The Hall–Kier alpha value is -1.97. The molecular formula is C17H22O4. The summed E-state index contributed by atoms with van der Waals surface area (Å²) < 4.78 is 11.4. The first-order valence-corrected chi connectivity index (χ1v) is 7.40. The summed E-state index contributed by atoms with van der Waals surface area (Å²) in [4.78, 5) is 11.1. The molecule has 4 nitrogen and oxygen atoms in total. The average molecular weight is 290 g/mol. The SMILES string of the molecule is C=C1CCOc2cc(OCCCC)ccc2C1CC(=O)O. The van der Waals surface area contributed by atoms with Crippen LogP contribution in [0.2, 0.25) is 0 Å². The number of ether oxygens (including phenoxy) is 2. The average Bonchev–Trinajstić information content (AvgIpc) is 2.59. The standard InChI is InChI=1S/C17H22O4/c1-3-4-8-20-13-5-6-14-15(11-17(18)19)12(2)7-9-21-16(14)10-13/h5-6,10,15H,2-4,7-9,11H2,1H3,(H,18,19). The van der Waals surface area contributed by atoms with Crippen LogP contribution in [-0.2, 0) is 4.79 Å². The van der Waals surface area contributed by atoms with Crippen molar-refractivity contribution in [2.24, 2.45) is 0 Å². The highest BCUT2D eigenvalue weighted by Crippen LogP contribution is 2.39. The molecule has 1 aromatic rings. The molecule has 0 radical (unpaired) electrons. The fraction of sp³-hybridized carbons (Fsp3) is 0.471. The van der Waals surface area contributed by atoms with E-state index in [-0.39, 0.29) is 12.3 Å². The van der Waals surface area contributed by atoms with Crippen molar-refractivity contribution in [1.82, 2.24) is 0 Å². The summed E-state index contributed by atoms with van der Waals surface area (Å²) in [6, 6.07) is 5.64. The van der Waals surface area contributed by atoms with Gasteiger partial charge in [0.1, 0.15) is 11.5 Å². The van der Waals surface area contributed by atoms with E-state index in [1.807, 2.05) is 18.2 Å². The van der Waals surface area contributed by atoms with Crippen molar-refractivity contribution in [3.63, 3.8) is 0 Å². The number of carbonyl (C=O) groups is 1. The normalized spacial score (nSPS) is 17.6. The fourth-order valence-corrected chi connectivity index (χ4v) is 2.47. The van der Waals surface area contributed by atoms with E-state index in [1.54, 1.807) is 0 Å². The van der Waals surface area contributed by atoms with Gasteiger partial charge in [-0.05, 0) is 12.5 Å². The molecule has 1 heterocycles. The zero-order valence-electron chi connectivity index (χ0n) is 12.4. The lowest BCUT2D eigenvalue weighted by molar-refractivity contribution is -0.137. The lowest BCUT2D eigenvalue weighted by Crippen LogP contribution is -2.08. The first-order chi connectivity index (χ1) is 10.1. The van der Waals surface area contributed by atoms with Gasteiger partial charge in [-0.1, -0.05) is 31.6 Å². The second-order valence-corrected chi connectivity index (χ2v) is 5.31. The van der Waals surface area contributed by atoms with Crippen LogP contribution in [0.1, 0.15) is 44.1 Å². The molecule has 114 valence electrons. The van der Waals surface area contributed by atoms with Gasteiger partial charge in [0.15, 0.2) is 0 Å². The van der Waals surface area contributed by atoms with Gasteiger partial charge in [0, 0.05) is 24.0 Å². The van der Waals surface area contributed by atoms with Crippen LogP contribution in [0.25, 0.3) is 0 Å². The van der Waals surface area contributed by atoms with Gasteiger partial charge in [-0.3, -0.25) is 4.79 Å². The lowest BCUT2D eigenvalue weighted by Gasteiger charge is -2.17. The first-order valence-electron chi connectivity index (χ1n) is 7.40. The minimum absolute atomic E-state index is 0.0469. The maximum atomic E-state index is 11.1. The Morgan fingerprint density at radius 2 is 2.33 bits per heavy atom. The fourth-order valence-electron chi connectivity index (χ4n) is 2.47. The molecule has 1 aromatic carbocycles. The van der Waals surface area contributed by atoms with Gasteiger partial charge in [0.25, 0.3) is 0 Å². The highest BCUT2D eigenvalue weighted by atomic mass is 16.5. The summed E-state index contributed by atoms with van der Waals surface area (Å²) in [5.74, 6) is 0.472. The zero-order valence-corrected chi connectivity index (χ0v) is 12.4. The Bertz CT molecular complexity index is 522. The van der Waals surface area contributed by atoms with Gasteiger partial charge in [-0.25, -0.2) is 0 Å². The number of rotatable bonds is 6. The number of aliphatic carboxylic acids is 1. The number of carboxylic acid groups (broad SMARTS) is 1. The molecule has 2 rings (SSSR count). The summed E-state index contributed by atoms with van der Waals surface area (Å²) in [7, 11) is 0. The van der Waals surface area contributed by atoms with Crippen molar-refractivity contribution in [2.45, 2.75) is 38.5 Å². The second kappa shape index (κ2) is 7.16. The minimum atomic E-state index is -0.822. The van der Waals surface area contributed by atoms with Crippen molar-refractivity contribution in [3.8, 4) is 11.5 Å².